The summed E-state index contributed by atoms with van der Waals surface area (Å²) >= 11 is 0. The maximum absolute atomic E-state index is 5.90. The van der Waals surface area contributed by atoms with Crippen LogP contribution in [-0.2, 0) is 11.2 Å². The molecule has 1 saturated heterocycles. The summed E-state index contributed by atoms with van der Waals surface area (Å²) < 4.78 is 11.7. The minimum Gasteiger partial charge on any atom is -0.488 e. The normalized spacial score (nSPS) is 30.2. The minimum atomic E-state index is 0.0332. The molecular formula is C15H21NO2. The lowest BCUT2D eigenvalue weighted by atomic mass is 10.0. The Morgan fingerprint density at radius 2 is 2.28 bits per heavy atom. The van der Waals surface area contributed by atoms with Gasteiger partial charge in [0.2, 0.25) is 0 Å². The van der Waals surface area contributed by atoms with Crippen LogP contribution < -0.4 is 10.1 Å². The molecule has 0 spiro atoms. The molecule has 0 saturated carbocycles. The standard InChI is InChI=1S/C15H21NO2/c1-15(7-4-8-17-15)11-16-10-13-9-12-5-2-3-6-14(12)18-13/h2-3,5-6,13,16H,4,7-11H2,1H3. The van der Waals surface area contributed by atoms with E-state index in [1.165, 1.54) is 12.0 Å². The lowest BCUT2D eigenvalue weighted by molar-refractivity contribution is 0.0194. The number of benzene rings is 1. The summed E-state index contributed by atoms with van der Waals surface area (Å²) in [5.74, 6) is 1.05. The molecule has 0 amide bonds. The third-order valence-corrected chi connectivity index (χ3v) is 3.89. The summed E-state index contributed by atoms with van der Waals surface area (Å²) in [5, 5.41) is 3.49. The van der Waals surface area contributed by atoms with Crippen molar-refractivity contribution in [3.8, 4) is 5.75 Å². The zero-order valence-corrected chi connectivity index (χ0v) is 10.9. The molecule has 0 aromatic heterocycles. The van der Waals surface area contributed by atoms with Gasteiger partial charge in [0.15, 0.2) is 0 Å². The monoisotopic (exact) mass is 247 g/mol. The Balaban J connectivity index is 1.46. The fourth-order valence-corrected chi connectivity index (χ4v) is 2.84. The SMILES string of the molecule is CC1(CNCC2Cc3ccccc3O2)CCCO1. The molecule has 3 nitrogen and oxygen atoms in total. The van der Waals surface area contributed by atoms with Crippen LogP contribution >= 0.6 is 0 Å². The van der Waals surface area contributed by atoms with Crippen LogP contribution in [-0.4, -0.2) is 31.4 Å². The van der Waals surface area contributed by atoms with Gasteiger partial charge in [-0.3, -0.25) is 0 Å². The van der Waals surface area contributed by atoms with E-state index < -0.39 is 0 Å². The van der Waals surface area contributed by atoms with E-state index in [-0.39, 0.29) is 11.7 Å². The molecule has 18 heavy (non-hydrogen) atoms. The van der Waals surface area contributed by atoms with Crippen LogP contribution in [0.25, 0.3) is 0 Å². The lowest BCUT2D eigenvalue weighted by Crippen LogP contribution is -2.41. The van der Waals surface area contributed by atoms with Crippen molar-refractivity contribution in [2.45, 2.75) is 37.9 Å². The van der Waals surface area contributed by atoms with Crippen LogP contribution in [0.15, 0.2) is 24.3 Å². The average molecular weight is 247 g/mol. The fraction of sp³-hybridized carbons (Fsp3) is 0.600. The summed E-state index contributed by atoms with van der Waals surface area (Å²) in [6.45, 7) is 4.91. The third kappa shape index (κ3) is 2.52. The van der Waals surface area contributed by atoms with Crippen LogP contribution in [0.5, 0.6) is 5.75 Å². The first-order chi connectivity index (χ1) is 8.75. The van der Waals surface area contributed by atoms with E-state index in [0.29, 0.717) is 0 Å². The number of rotatable bonds is 4. The molecule has 1 aromatic rings. The van der Waals surface area contributed by atoms with Crippen LogP contribution in [0.4, 0.5) is 0 Å². The van der Waals surface area contributed by atoms with Crippen molar-refractivity contribution in [1.29, 1.82) is 0 Å². The molecule has 3 heteroatoms. The van der Waals surface area contributed by atoms with Crippen LogP contribution in [0.1, 0.15) is 25.3 Å². The second-order valence-corrected chi connectivity index (χ2v) is 5.58. The van der Waals surface area contributed by atoms with E-state index in [1.807, 2.05) is 6.07 Å². The Labute approximate surface area is 108 Å². The molecular weight excluding hydrogens is 226 g/mol. The molecule has 1 N–H and O–H groups in total. The molecule has 2 unspecified atom stereocenters. The highest BCUT2D eigenvalue weighted by molar-refractivity contribution is 5.37. The molecule has 1 aromatic carbocycles. The smallest absolute Gasteiger partial charge is 0.123 e. The molecule has 3 rings (SSSR count). The fourth-order valence-electron chi connectivity index (χ4n) is 2.84. The Morgan fingerprint density at radius 3 is 3.06 bits per heavy atom. The highest BCUT2D eigenvalue weighted by Crippen LogP contribution is 2.28. The van der Waals surface area contributed by atoms with Gasteiger partial charge in [-0.15, -0.1) is 0 Å². The second-order valence-electron chi connectivity index (χ2n) is 5.58. The first kappa shape index (κ1) is 12.0. The van der Waals surface area contributed by atoms with E-state index in [0.717, 1.165) is 38.3 Å². The van der Waals surface area contributed by atoms with Gasteiger partial charge < -0.3 is 14.8 Å². The maximum atomic E-state index is 5.90. The highest BCUT2D eigenvalue weighted by Gasteiger charge is 2.30. The number of hydrogen-bond donors (Lipinski definition) is 1. The van der Waals surface area contributed by atoms with Crippen molar-refractivity contribution in [3.63, 3.8) is 0 Å². The van der Waals surface area contributed by atoms with Gasteiger partial charge in [0.1, 0.15) is 11.9 Å². The molecule has 2 aliphatic heterocycles. The van der Waals surface area contributed by atoms with E-state index in [2.05, 4.69) is 30.4 Å². The van der Waals surface area contributed by atoms with Crippen molar-refractivity contribution in [1.82, 2.24) is 5.32 Å². The van der Waals surface area contributed by atoms with E-state index in [1.54, 1.807) is 0 Å². The average Bonchev–Trinajstić information content (AvgIpc) is 2.95. The molecule has 2 atom stereocenters. The molecule has 1 fully saturated rings. The quantitative estimate of drug-likeness (QED) is 0.884. The zero-order chi connectivity index (χ0) is 12.4. The summed E-state index contributed by atoms with van der Waals surface area (Å²) in [4.78, 5) is 0. The van der Waals surface area contributed by atoms with Crippen molar-refractivity contribution in [2.75, 3.05) is 19.7 Å². The predicted octanol–water partition coefficient (Wildman–Crippen LogP) is 2.15. The summed E-state index contributed by atoms with van der Waals surface area (Å²) in [5.41, 5.74) is 1.36. The summed E-state index contributed by atoms with van der Waals surface area (Å²) in [6, 6.07) is 8.31. The Kier molecular flexibility index (Phi) is 3.27. The maximum Gasteiger partial charge on any atom is 0.123 e. The van der Waals surface area contributed by atoms with Gasteiger partial charge in [0.25, 0.3) is 0 Å². The Hall–Kier alpha value is -1.06. The van der Waals surface area contributed by atoms with Crippen LogP contribution in [0, 0.1) is 0 Å². The number of fused-ring (bicyclic) bond motifs is 1. The van der Waals surface area contributed by atoms with Crippen LogP contribution in [0.2, 0.25) is 0 Å². The first-order valence-electron chi connectivity index (χ1n) is 6.84. The van der Waals surface area contributed by atoms with Gasteiger partial charge in [-0.05, 0) is 31.4 Å². The second kappa shape index (κ2) is 4.90. The molecule has 98 valence electrons. The van der Waals surface area contributed by atoms with E-state index in [9.17, 15) is 0 Å². The topological polar surface area (TPSA) is 30.5 Å². The van der Waals surface area contributed by atoms with E-state index in [4.69, 9.17) is 9.47 Å². The molecule has 2 heterocycles. The molecule has 0 aliphatic carbocycles. The Bertz CT molecular complexity index is 388. The molecule has 0 radical (unpaired) electrons. The number of nitrogens with one attached hydrogen (secondary N) is 1. The van der Waals surface area contributed by atoms with Crippen molar-refractivity contribution >= 4 is 0 Å². The summed E-state index contributed by atoms with van der Waals surface area (Å²) in [7, 11) is 0. The van der Waals surface area contributed by atoms with Crippen molar-refractivity contribution < 1.29 is 9.47 Å². The third-order valence-electron chi connectivity index (χ3n) is 3.89. The minimum absolute atomic E-state index is 0.0332. The van der Waals surface area contributed by atoms with Gasteiger partial charge in [-0.25, -0.2) is 0 Å². The first-order valence-corrected chi connectivity index (χ1v) is 6.84. The van der Waals surface area contributed by atoms with Gasteiger partial charge in [-0.2, -0.15) is 0 Å². The van der Waals surface area contributed by atoms with E-state index >= 15 is 0 Å². The van der Waals surface area contributed by atoms with Crippen LogP contribution in [0.3, 0.4) is 0 Å². The van der Waals surface area contributed by atoms with Crippen molar-refractivity contribution in [2.24, 2.45) is 0 Å². The van der Waals surface area contributed by atoms with Gasteiger partial charge in [-0.1, -0.05) is 18.2 Å². The highest BCUT2D eigenvalue weighted by atomic mass is 16.5. The largest absolute Gasteiger partial charge is 0.488 e. The van der Waals surface area contributed by atoms with Gasteiger partial charge >= 0.3 is 0 Å². The Morgan fingerprint density at radius 1 is 1.39 bits per heavy atom. The predicted molar refractivity (Wildman–Crippen MR) is 71.0 cm³/mol. The summed E-state index contributed by atoms with van der Waals surface area (Å²) in [6.07, 6.45) is 3.63. The van der Waals surface area contributed by atoms with Gasteiger partial charge in [0.05, 0.1) is 5.60 Å². The molecule has 2 aliphatic rings. The van der Waals surface area contributed by atoms with Crippen molar-refractivity contribution in [3.05, 3.63) is 29.8 Å². The van der Waals surface area contributed by atoms with Gasteiger partial charge in [0, 0.05) is 26.1 Å². The molecule has 0 bridgehead atoms. The number of hydrogen-bond acceptors (Lipinski definition) is 3. The zero-order valence-electron chi connectivity index (χ0n) is 10.9. The number of para-hydroxylation sites is 1. The number of ether oxygens (including phenoxy) is 2. The lowest BCUT2D eigenvalue weighted by Gasteiger charge is -2.24.